The summed E-state index contributed by atoms with van der Waals surface area (Å²) in [5.41, 5.74) is 4.59. The summed E-state index contributed by atoms with van der Waals surface area (Å²) in [6, 6.07) is 10.4. The van der Waals surface area contributed by atoms with Crippen molar-refractivity contribution in [2.75, 3.05) is 13.7 Å². The quantitative estimate of drug-likeness (QED) is 0.904. The summed E-state index contributed by atoms with van der Waals surface area (Å²) in [4.78, 5) is 4.56. The lowest BCUT2D eigenvalue weighted by molar-refractivity contribution is 0.403. The molecule has 106 valence electrons. The largest absolute Gasteiger partial charge is 0.496 e. The lowest BCUT2D eigenvalue weighted by atomic mass is 9.97. The third-order valence-electron chi connectivity index (χ3n) is 3.43. The molecule has 3 nitrogen and oxygen atoms in total. The predicted octanol–water partition coefficient (Wildman–Crippen LogP) is 3.41. The SMILES string of the molecule is CCNC(c1cc(C)ccc1OC)c1ncccc1C. The molecule has 20 heavy (non-hydrogen) atoms. The molecule has 0 amide bonds. The van der Waals surface area contributed by atoms with Crippen molar-refractivity contribution in [1.29, 1.82) is 0 Å². The van der Waals surface area contributed by atoms with Crippen LogP contribution in [0.4, 0.5) is 0 Å². The van der Waals surface area contributed by atoms with Gasteiger partial charge in [-0.2, -0.15) is 0 Å². The van der Waals surface area contributed by atoms with Gasteiger partial charge in [0, 0.05) is 11.8 Å². The number of pyridine rings is 1. The summed E-state index contributed by atoms with van der Waals surface area (Å²) in [6.07, 6.45) is 1.84. The standard InChI is InChI=1S/C17H22N2O/c1-5-18-17(16-13(3)7-6-10-19-16)14-11-12(2)8-9-15(14)20-4/h6-11,17-18H,5H2,1-4H3. The monoisotopic (exact) mass is 270 g/mol. The molecule has 1 aromatic heterocycles. The number of aromatic nitrogens is 1. The molecular weight excluding hydrogens is 248 g/mol. The number of nitrogens with one attached hydrogen (secondary N) is 1. The highest BCUT2D eigenvalue weighted by Crippen LogP contribution is 2.31. The van der Waals surface area contributed by atoms with Gasteiger partial charge in [-0.15, -0.1) is 0 Å². The van der Waals surface area contributed by atoms with E-state index in [1.165, 1.54) is 11.1 Å². The minimum atomic E-state index is 0.0519. The van der Waals surface area contributed by atoms with Crippen LogP contribution in [0, 0.1) is 13.8 Å². The highest BCUT2D eigenvalue weighted by Gasteiger charge is 2.20. The van der Waals surface area contributed by atoms with Gasteiger partial charge in [-0.1, -0.05) is 30.7 Å². The van der Waals surface area contributed by atoms with Gasteiger partial charge in [-0.05, 0) is 38.1 Å². The van der Waals surface area contributed by atoms with Crippen molar-refractivity contribution >= 4 is 0 Å². The van der Waals surface area contributed by atoms with Gasteiger partial charge < -0.3 is 10.1 Å². The van der Waals surface area contributed by atoms with Crippen LogP contribution < -0.4 is 10.1 Å². The molecule has 1 aromatic carbocycles. The van der Waals surface area contributed by atoms with E-state index in [2.05, 4.69) is 49.3 Å². The summed E-state index contributed by atoms with van der Waals surface area (Å²) >= 11 is 0. The molecule has 1 atom stereocenters. The Labute approximate surface area is 121 Å². The number of aryl methyl sites for hydroxylation is 2. The third kappa shape index (κ3) is 2.99. The van der Waals surface area contributed by atoms with E-state index in [1.54, 1.807) is 7.11 Å². The van der Waals surface area contributed by atoms with Crippen molar-refractivity contribution in [1.82, 2.24) is 10.3 Å². The van der Waals surface area contributed by atoms with Crippen molar-refractivity contribution in [2.24, 2.45) is 0 Å². The van der Waals surface area contributed by atoms with Gasteiger partial charge in [-0.3, -0.25) is 4.98 Å². The topological polar surface area (TPSA) is 34.1 Å². The molecule has 0 fully saturated rings. The summed E-state index contributed by atoms with van der Waals surface area (Å²) < 4.78 is 5.52. The fourth-order valence-corrected chi connectivity index (χ4v) is 2.44. The van der Waals surface area contributed by atoms with Crippen LogP contribution >= 0.6 is 0 Å². The number of methoxy groups -OCH3 is 1. The van der Waals surface area contributed by atoms with Crippen LogP contribution in [0.3, 0.4) is 0 Å². The Kier molecular flexibility index (Phi) is 4.74. The molecule has 1 N–H and O–H groups in total. The number of ether oxygens (including phenoxy) is 1. The minimum absolute atomic E-state index is 0.0519. The molecule has 0 saturated carbocycles. The maximum atomic E-state index is 5.52. The van der Waals surface area contributed by atoms with E-state index in [0.29, 0.717) is 0 Å². The fraction of sp³-hybridized carbons (Fsp3) is 0.353. The molecule has 0 aliphatic rings. The van der Waals surface area contributed by atoms with Crippen molar-refractivity contribution < 1.29 is 4.74 Å². The maximum Gasteiger partial charge on any atom is 0.124 e. The average Bonchev–Trinajstić information content (AvgIpc) is 2.46. The van der Waals surface area contributed by atoms with E-state index in [4.69, 9.17) is 4.74 Å². The van der Waals surface area contributed by atoms with E-state index in [0.717, 1.165) is 23.6 Å². The number of hydrogen-bond donors (Lipinski definition) is 1. The Morgan fingerprint density at radius 2 is 2.05 bits per heavy atom. The van der Waals surface area contributed by atoms with Gasteiger partial charge in [0.15, 0.2) is 0 Å². The number of nitrogens with zero attached hydrogens (tertiary/aromatic N) is 1. The first-order valence-electron chi connectivity index (χ1n) is 6.96. The first kappa shape index (κ1) is 14.5. The van der Waals surface area contributed by atoms with Crippen molar-refractivity contribution in [3.8, 4) is 5.75 Å². The zero-order valence-corrected chi connectivity index (χ0v) is 12.6. The van der Waals surface area contributed by atoms with Crippen molar-refractivity contribution in [3.63, 3.8) is 0 Å². The zero-order chi connectivity index (χ0) is 14.5. The molecule has 0 aliphatic carbocycles. The average molecular weight is 270 g/mol. The van der Waals surface area contributed by atoms with Gasteiger partial charge in [0.25, 0.3) is 0 Å². The Bertz CT molecular complexity index is 581. The molecular formula is C17H22N2O. The van der Waals surface area contributed by atoms with Crippen LogP contribution in [0.15, 0.2) is 36.5 Å². The Balaban J connectivity index is 2.54. The maximum absolute atomic E-state index is 5.52. The molecule has 1 heterocycles. The van der Waals surface area contributed by atoms with Crippen LogP contribution in [0.5, 0.6) is 5.75 Å². The number of rotatable bonds is 5. The molecule has 0 aliphatic heterocycles. The van der Waals surface area contributed by atoms with E-state index in [9.17, 15) is 0 Å². The van der Waals surface area contributed by atoms with E-state index < -0.39 is 0 Å². The van der Waals surface area contributed by atoms with Gasteiger partial charge in [0.05, 0.1) is 18.8 Å². The summed E-state index contributed by atoms with van der Waals surface area (Å²) in [5, 5.41) is 3.52. The molecule has 0 radical (unpaired) electrons. The van der Waals surface area contributed by atoms with Gasteiger partial charge in [0.1, 0.15) is 5.75 Å². The lowest BCUT2D eigenvalue weighted by Crippen LogP contribution is -2.24. The lowest BCUT2D eigenvalue weighted by Gasteiger charge is -2.22. The van der Waals surface area contributed by atoms with Crippen molar-refractivity contribution in [2.45, 2.75) is 26.8 Å². The number of hydrogen-bond acceptors (Lipinski definition) is 3. The fourth-order valence-electron chi connectivity index (χ4n) is 2.44. The smallest absolute Gasteiger partial charge is 0.124 e. The van der Waals surface area contributed by atoms with E-state index in [1.807, 2.05) is 18.3 Å². The van der Waals surface area contributed by atoms with Crippen LogP contribution in [-0.4, -0.2) is 18.6 Å². The molecule has 1 unspecified atom stereocenters. The second-order valence-electron chi connectivity index (χ2n) is 4.94. The van der Waals surface area contributed by atoms with Gasteiger partial charge >= 0.3 is 0 Å². The number of benzene rings is 1. The first-order valence-corrected chi connectivity index (χ1v) is 6.96. The predicted molar refractivity (Wildman–Crippen MR) is 82.2 cm³/mol. The third-order valence-corrected chi connectivity index (χ3v) is 3.43. The molecule has 2 aromatic rings. The summed E-state index contributed by atoms with van der Waals surface area (Å²) in [7, 11) is 1.71. The van der Waals surface area contributed by atoms with Crippen molar-refractivity contribution in [3.05, 3.63) is 58.9 Å². The van der Waals surface area contributed by atoms with Gasteiger partial charge in [-0.25, -0.2) is 0 Å². The summed E-state index contributed by atoms with van der Waals surface area (Å²) in [6.45, 7) is 7.16. The summed E-state index contributed by atoms with van der Waals surface area (Å²) in [5.74, 6) is 0.895. The zero-order valence-electron chi connectivity index (χ0n) is 12.6. The van der Waals surface area contributed by atoms with Crippen LogP contribution in [-0.2, 0) is 0 Å². The van der Waals surface area contributed by atoms with E-state index >= 15 is 0 Å². The normalized spacial score (nSPS) is 12.2. The molecule has 3 heteroatoms. The Hall–Kier alpha value is -1.87. The Morgan fingerprint density at radius 3 is 2.70 bits per heavy atom. The molecule has 2 rings (SSSR count). The Morgan fingerprint density at radius 1 is 1.25 bits per heavy atom. The highest BCUT2D eigenvalue weighted by atomic mass is 16.5. The first-order chi connectivity index (χ1) is 9.67. The highest BCUT2D eigenvalue weighted by molar-refractivity contribution is 5.43. The van der Waals surface area contributed by atoms with Crippen LogP contribution in [0.1, 0.15) is 35.3 Å². The minimum Gasteiger partial charge on any atom is -0.496 e. The van der Waals surface area contributed by atoms with Crippen LogP contribution in [0.2, 0.25) is 0 Å². The second-order valence-corrected chi connectivity index (χ2v) is 4.94. The molecule has 0 bridgehead atoms. The van der Waals surface area contributed by atoms with E-state index in [-0.39, 0.29) is 6.04 Å². The molecule has 0 spiro atoms. The second kappa shape index (κ2) is 6.53. The molecule has 0 saturated heterocycles. The van der Waals surface area contributed by atoms with Crippen LogP contribution in [0.25, 0.3) is 0 Å². The van der Waals surface area contributed by atoms with Gasteiger partial charge in [0.2, 0.25) is 0 Å².